The van der Waals surface area contributed by atoms with Crippen LogP contribution in [0.25, 0.3) is 0 Å². The molecule has 0 aliphatic heterocycles. The van der Waals surface area contributed by atoms with Gasteiger partial charge in [-0.2, -0.15) is 0 Å². The summed E-state index contributed by atoms with van der Waals surface area (Å²) in [6.45, 7) is 6.20. The van der Waals surface area contributed by atoms with Crippen molar-refractivity contribution in [3.63, 3.8) is 0 Å². The lowest BCUT2D eigenvalue weighted by atomic mass is 10.1. The summed E-state index contributed by atoms with van der Waals surface area (Å²) in [6, 6.07) is 0. The summed E-state index contributed by atoms with van der Waals surface area (Å²) in [5.41, 5.74) is 1.37. The van der Waals surface area contributed by atoms with Crippen molar-refractivity contribution >= 4 is 0 Å². The molecule has 0 N–H and O–H groups in total. The van der Waals surface area contributed by atoms with Crippen LogP contribution in [0.2, 0.25) is 0 Å². The van der Waals surface area contributed by atoms with E-state index < -0.39 is 0 Å². The Morgan fingerprint density at radius 3 is 2.40 bits per heavy atom. The van der Waals surface area contributed by atoms with Crippen molar-refractivity contribution in [1.82, 2.24) is 0 Å². The van der Waals surface area contributed by atoms with E-state index in [1.165, 1.54) is 5.57 Å². The van der Waals surface area contributed by atoms with Crippen molar-refractivity contribution in [2.24, 2.45) is 0 Å². The Morgan fingerprint density at radius 2 is 2.00 bits per heavy atom. The first-order valence-electron chi connectivity index (χ1n) is 3.59. The number of terminal acetylenes is 1. The van der Waals surface area contributed by atoms with Crippen LogP contribution in [0.15, 0.2) is 11.6 Å². The van der Waals surface area contributed by atoms with E-state index in [-0.39, 0.29) is 0 Å². The number of rotatable bonds is 3. The lowest BCUT2D eigenvalue weighted by molar-refractivity contribution is 0.905. The molecule has 0 heteroatoms. The zero-order chi connectivity index (χ0) is 7.98. The Labute approximate surface area is 64.3 Å². The van der Waals surface area contributed by atoms with Crippen LogP contribution in [0.5, 0.6) is 0 Å². The van der Waals surface area contributed by atoms with Gasteiger partial charge in [0.05, 0.1) is 0 Å². The average molecular weight is 135 g/mol. The molecule has 0 spiro atoms. The molecule has 0 rings (SSSR count). The van der Waals surface area contributed by atoms with Crippen LogP contribution in [-0.4, -0.2) is 0 Å². The van der Waals surface area contributed by atoms with Gasteiger partial charge in [-0.15, -0.1) is 6.42 Å². The van der Waals surface area contributed by atoms with Crippen molar-refractivity contribution in [3.8, 4) is 12.3 Å². The molecule has 0 amide bonds. The molecule has 1 radical (unpaired) electrons. The van der Waals surface area contributed by atoms with Crippen LogP contribution < -0.4 is 0 Å². The molecule has 0 aliphatic rings. The van der Waals surface area contributed by atoms with Gasteiger partial charge in [0.2, 0.25) is 0 Å². The van der Waals surface area contributed by atoms with E-state index in [9.17, 15) is 0 Å². The van der Waals surface area contributed by atoms with E-state index >= 15 is 0 Å². The van der Waals surface area contributed by atoms with Gasteiger partial charge in [-0.1, -0.05) is 17.6 Å². The molecule has 0 fully saturated rings. The Balaban J connectivity index is 3.39. The van der Waals surface area contributed by atoms with Crippen molar-refractivity contribution in [2.75, 3.05) is 0 Å². The maximum absolute atomic E-state index is 5.18. The predicted molar refractivity (Wildman–Crippen MR) is 46.4 cm³/mol. The van der Waals surface area contributed by atoms with Crippen LogP contribution in [-0.2, 0) is 0 Å². The summed E-state index contributed by atoms with van der Waals surface area (Å²) in [5.74, 6) is 3.76. The van der Waals surface area contributed by atoms with E-state index in [0.717, 1.165) is 18.8 Å². The SMILES string of the molecule is C#C[C](C)CCC=C(C)C. The zero-order valence-electron chi connectivity index (χ0n) is 7.07. The minimum atomic E-state index is 1.03. The summed E-state index contributed by atoms with van der Waals surface area (Å²) >= 11 is 0. The second-order valence-electron chi connectivity index (χ2n) is 2.74. The lowest BCUT2D eigenvalue weighted by Crippen LogP contribution is -1.84. The zero-order valence-corrected chi connectivity index (χ0v) is 7.07. The van der Waals surface area contributed by atoms with Gasteiger partial charge in [0.15, 0.2) is 0 Å². The number of hydrogen-bond acceptors (Lipinski definition) is 0. The molecular formula is C10H15. The first-order chi connectivity index (χ1) is 4.66. The van der Waals surface area contributed by atoms with Gasteiger partial charge >= 0.3 is 0 Å². The van der Waals surface area contributed by atoms with Gasteiger partial charge in [-0.05, 0) is 33.6 Å². The van der Waals surface area contributed by atoms with E-state index in [0.29, 0.717) is 0 Å². The van der Waals surface area contributed by atoms with E-state index in [4.69, 9.17) is 6.42 Å². The van der Waals surface area contributed by atoms with Gasteiger partial charge < -0.3 is 0 Å². The van der Waals surface area contributed by atoms with E-state index in [1.54, 1.807) is 0 Å². The molecule has 0 saturated heterocycles. The fourth-order valence-corrected chi connectivity index (χ4v) is 0.650. The minimum absolute atomic E-state index is 1.03. The fraction of sp³-hybridized carbons (Fsp3) is 0.500. The van der Waals surface area contributed by atoms with Crippen LogP contribution in [0, 0.1) is 18.3 Å². The third kappa shape index (κ3) is 5.44. The standard InChI is InChI=1S/C10H15/c1-5-10(4)8-6-7-9(2)3/h1,7H,6,8H2,2-4H3. The maximum Gasteiger partial charge on any atom is 0.0449 e. The Hall–Kier alpha value is -0.700. The summed E-state index contributed by atoms with van der Waals surface area (Å²) in [4.78, 5) is 0. The summed E-state index contributed by atoms with van der Waals surface area (Å²) < 4.78 is 0. The second-order valence-corrected chi connectivity index (χ2v) is 2.74. The molecule has 0 aromatic carbocycles. The molecule has 0 aromatic heterocycles. The molecule has 55 valence electrons. The first-order valence-corrected chi connectivity index (χ1v) is 3.59. The highest BCUT2D eigenvalue weighted by atomic mass is 14.0. The van der Waals surface area contributed by atoms with Crippen molar-refractivity contribution in [2.45, 2.75) is 33.6 Å². The Kier molecular flexibility index (Phi) is 4.76. The third-order valence-electron chi connectivity index (χ3n) is 1.32. The number of hydrogen-bond donors (Lipinski definition) is 0. The van der Waals surface area contributed by atoms with Gasteiger partial charge in [0.1, 0.15) is 0 Å². The molecule has 0 heterocycles. The van der Waals surface area contributed by atoms with Gasteiger partial charge in [0.25, 0.3) is 0 Å². The molecule has 0 nitrogen and oxygen atoms in total. The molecule has 0 atom stereocenters. The molecule has 0 saturated carbocycles. The summed E-state index contributed by atoms with van der Waals surface area (Å²) in [7, 11) is 0. The monoisotopic (exact) mass is 135 g/mol. The van der Waals surface area contributed by atoms with Crippen molar-refractivity contribution < 1.29 is 0 Å². The van der Waals surface area contributed by atoms with E-state index in [2.05, 4.69) is 25.8 Å². The topological polar surface area (TPSA) is 0 Å². The molecule has 0 aliphatic carbocycles. The van der Waals surface area contributed by atoms with Crippen LogP contribution in [0.3, 0.4) is 0 Å². The van der Waals surface area contributed by atoms with Crippen molar-refractivity contribution in [1.29, 1.82) is 0 Å². The highest BCUT2D eigenvalue weighted by Gasteiger charge is 1.93. The lowest BCUT2D eigenvalue weighted by Gasteiger charge is -1.97. The van der Waals surface area contributed by atoms with Gasteiger partial charge in [0, 0.05) is 5.92 Å². The number of allylic oxidation sites excluding steroid dienone is 2. The quantitative estimate of drug-likeness (QED) is 0.412. The summed E-state index contributed by atoms with van der Waals surface area (Å²) in [5, 5.41) is 0. The molecule has 0 aromatic rings. The van der Waals surface area contributed by atoms with Crippen LogP contribution in [0.4, 0.5) is 0 Å². The molecule has 10 heavy (non-hydrogen) atoms. The normalized spacial score (nSPS) is 9.10. The van der Waals surface area contributed by atoms with Crippen molar-refractivity contribution in [3.05, 3.63) is 17.6 Å². The second kappa shape index (κ2) is 5.11. The molecule has 0 unspecified atom stereocenters. The van der Waals surface area contributed by atoms with Gasteiger partial charge in [-0.25, -0.2) is 0 Å². The largest absolute Gasteiger partial charge is 0.119 e. The molecular weight excluding hydrogens is 120 g/mol. The minimum Gasteiger partial charge on any atom is -0.119 e. The summed E-state index contributed by atoms with van der Waals surface area (Å²) in [6.07, 6.45) is 9.50. The fourth-order valence-electron chi connectivity index (χ4n) is 0.650. The van der Waals surface area contributed by atoms with Crippen LogP contribution in [0.1, 0.15) is 33.6 Å². The molecule has 0 bridgehead atoms. The maximum atomic E-state index is 5.18. The third-order valence-corrected chi connectivity index (χ3v) is 1.32. The Bertz CT molecular complexity index is 142. The highest BCUT2D eigenvalue weighted by molar-refractivity contribution is 5.14. The predicted octanol–water partition coefficient (Wildman–Crippen LogP) is 2.96. The highest BCUT2D eigenvalue weighted by Crippen LogP contribution is 2.07. The first kappa shape index (κ1) is 9.30. The smallest absolute Gasteiger partial charge is 0.0449 e. The average Bonchev–Trinajstić information content (AvgIpc) is 1.87. The van der Waals surface area contributed by atoms with Gasteiger partial charge in [-0.3, -0.25) is 0 Å². The Morgan fingerprint density at radius 1 is 1.40 bits per heavy atom. The van der Waals surface area contributed by atoms with E-state index in [1.807, 2.05) is 6.92 Å². The van der Waals surface area contributed by atoms with Crippen LogP contribution >= 0.6 is 0 Å².